The van der Waals surface area contributed by atoms with Crippen LogP contribution in [0.5, 0.6) is 0 Å². The minimum absolute atomic E-state index is 0. The lowest BCUT2D eigenvalue weighted by Gasteiger charge is -2.29. The monoisotopic (exact) mass is 259 g/mol. The zero-order valence-corrected chi connectivity index (χ0v) is 9.54. The highest BCUT2D eigenvalue weighted by atomic mass is 79.9. The van der Waals surface area contributed by atoms with E-state index in [0.29, 0.717) is 0 Å². The predicted octanol–water partition coefficient (Wildman–Crippen LogP) is 0.362. The number of aromatic amines is 1. The molecule has 1 aromatic heterocycles. The van der Waals surface area contributed by atoms with Crippen molar-refractivity contribution in [3.05, 3.63) is 28.7 Å². The molecule has 0 spiro atoms. The number of aromatic nitrogens is 1. The van der Waals surface area contributed by atoms with Crippen molar-refractivity contribution in [2.45, 2.75) is 0 Å². The van der Waals surface area contributed by atoms with Crippen LogP contribution in [0.25, 0.3) is 0 Å². The summed E-state index contributed by atoms with van der Waals surface area (Å²) in [7, 11) is 0. The molecule has 5 heteroatoms. The molecule has 0 unspecified atom stereocenters. The zero-order chi connectivity index (χ0) is 9.10. The number of anilines is 1. The SMILES string of the molecule is Br.O=c1cc(N2CCNCC2)cc[nH]1. The molecular formula is C9H14BrN3O. The molecule has 1 aliphatic rings. The summed E-state index contributed by atoms with van der Waals surface area (Å²) in [5, 5.41) is 3.27. The summed E-state index contributed by atoms with van der Waals surface area (Å²) in [5.41, 5.74) is 0.987. The molecule has 2 rings (SSSR count). The van der Waals surface area contributed by atoms with Crippen molar-refractivity contribution in [1.29, 1.82) is 0 Å². The Hall–Kier alpha value is -0.810. The van der Waals surface area contributed by atoms with E-state index in [1.807, 2.05) is 6.07 Å². The van der Waals surface area contributed by atoms with Gasteiger partial charge in [-0.2, -0.15) is 0 Å². The van der Waals surface area contributed by atoms with Crippen molar-refractivity contribution in [2.24, 2.45) is 0 Å². The third-order valence-electron chi connectivity index (χ3n) is 2.24. The van der Waals surface area contributed by atoms with Gasteiger partial charge in [0.15, 0.2) is 0 Å². The highest BCUT2D eigenvalue weighted by Crippen LogP contribution is 2.09. The first-order valence-corrected chi connectivity index (χ1v) is 4.51. The Kier molecular flexibility index (Phi) is 4.16. The van der Waals surface area contributed by atoms with Gasteiger partial charge in [-0.15, -0.1) is 17.0 Å². The molecule has 0 aliphatic carbocycles. The van der Waals surface area contributed by atoms with Gasteiger partial charge in [-0.25, -0.2) is 0 Å². The van der Waals surface area contributed by atoms with Crippen LogP contribution in [0.2, 0.25) is 0 Å². The van der Waals surface area contributed by atoms with E-state index in [0.717, 1.165) is 31.9 Å². The third-order valence-corrected chi connectivity index (χ3v) is 2.24. The maximum atomic E-state index is 11.0. The molecule has 1 aromatic rings. The summed E-state index contributed by atoms with van der Waals surface area (Å²) in [6.07, 6.45) is 1.69. The number of hydrogen-bond donors (Lipinski definition) is 2. The number of rotatable bonds is 1. The van der Waals surface area contributed by atoms with E-state index in [4.69, 9.17) is 0 Å². The van der Waals surface area contributed by atoms with Crippen LogP contribution in [0.15, 0.2) is 23.1 Å². The first-order chi connectivity index (χ1) is 6.36. The third kappa shape index (κ3) is 2.59. The molecule has 78 valence electrons. The number of nitrogens with zero attached hydrogens (tertiary/aromatic N) is 1. The van der Waals surface area contributed by atoms with Crippen LogP contribution in [-0.4, -0.2) is 31.2 Å². The average Bonchev–Trinajstić information content (AvgIpc) is 2.19. The quantitative estimate of drug-likeness (QED) is 0.766. The fraction of sp³-hybridized carbons (Fsp3) is 0.444. The lowest BCUT2D eigenvalue weighted by atomic mass is 10.3. The summed E-state index contributed by atoms with van der Waals surface area (Å²) in [6.45, 7) is 3.94. The molecule has 0 atom stereocenters. The summed E-state index contributed by atoms with van der Waals surface area (Å²) >= 11 is 0. The molecule has 4 nitrogen and oxygen atoms in total. The summed E-state index contributed by atoms with van der Waals surface area (Å²) in [5.74, 6) is 0. The second-order valence-corrected chi connectivity index (χ2v) is 3.15. The van der Waals surface area contributed by atoms with Crippen LogP contribution < -0.4 is 15.8 Å². The smallest absolute Gasteiger partial charge is 0.249 e. The van der Waals surface area contributed by atoms with Crippen molar-refractivity contribution in [3.8, 4) is 0 Å². The second-order valence-electron chi connectivity index (χ2n) is 3.15. The summed E-state index contributed by atoms with van der Waals surface area (Å²) < 4.78 is 0. The van der Waals surface area contributed by atoms with Gasteiger partial charge in [-0.1, -0.05) is 0 Å². The number of H-pyrrole nitrogens is 1. The Bertz CT molecular complexity index is 333. The van der Waals surface area contributed by atoms with Crippen molar-refractivity contribution in [1.82, 2.24) is 10.3 Å². The summed E-state index contributed by atoms with van der Waals surface area (Å²) in [6, 6.07) is 3.58. The van der Waals surface area contributed by atoms with Crippen molar-refractivity contribution >= 4 is 22.7 Å². The Morgan fingerprint density at radius 1 is 1.29 bits per heavy atom. The predicted molar refractivity (Wildman–Crippen MR) is 62.5 cm³/mol. The van der Waals surface area contributed by atoms with E-state index in [2.05, 4.69) is 15.2 Å². The van der Waals surface area contributed by atoms with Gasteiger partial charge in [-0.05, 0) is 6.07 Å². The Labute approximate surface area is 93.1 Å². The Morgan fingerprint density at radius 2 is 2.00 bits per heavy atom. The van der Waals surface area contributed by atoms with Gasteiger partial charge in [0.25, 0.3) is 0 Å². The number of hydrogen-bond acceptors (Lipinski definition) is 3. The molecular weight excluding hydrogens is 246 g/mol. The van der Waals surface area contributed by atoms with Crippen LogP contribution in [0.1, 0.15) is 0 Å². The van der Waals surface area contributed by atoms with Crippen LogP contribution in [-0.2, 0) is 0 Å². The molecule has 2 heterocycles. The highest BCUT2D eigenvalue weighted by Gasteiger charge is 2.09. The maximum Gasteiger partial charge on any atom is 0.249 e. The topological polar surface area (TPSA) is 48.1 Å². The normalized spacial score (nSPS) is 16.1. The Balaban J connectivity index is 0.000000980. The van der Waals surface area contributed by atoms with E-state index < -0.39 is 0 Å². The van der Waals surface area contributed by atoms with Crippen molar-refractivity contribution < 1.29 is 0 Å². The van der Waals surface area contributed by atoms with Crippen LogP contribution >= 0.6 is 17.0 Å². The van der Waals surface area contributed by atoms with E-state index >= 15 is 0 Å². The van der Waals surface area contributed by atoms with Gasteiger partial charge in [0.2, 0.25) is 5.56 Å². The van der Waals surface area contributed by atoms with Gasteiger partial charge in [-0.3, -0.25) is 4.79 Å². The number of halogens is 1. The maximum absolute atomic E-state index is 11.0. The van der Waals surface area contributed by atoms with Gasteiger partial charge in [0.05, 0.1) is 0 Å². The van der Waals surface area contributed by atoms with Gasteiger partial charge in [0, 0.05) is 44.1 Å². The van der Waals surface area contributed by atoms with Crippen molar-refractivity contribution in [2.75, 3.05) is 31.1 Å². The molecule has 1 saturated heterocycles. The second kappa shape index (κ2) is 5.17. The number of pyridine rings is 1. The first-order valence-electron chi connectivity index (χ1n) is 4.51. The summed E-state index contributed by atoms with van der Waals surface area (Å²) in [4.78, 5) is 15.9. The standard InChI is InChI=1S/C9H13N3O.BrH/c13-9-7-8(1-2-11-9)12-5-3-10-4-6-12;/h1-2,7,10H,3-6H2,(H,11,13);1H. The van der Waals surface area contributed by atoms with E-state index in [1.165, 1.54) is 0 Å². The minimum Gasteiger partial charge on any atom is -0.369 e. The average molecular weight is 260 g/mol. The fourth-order valence-electron chi connectivity index (χ4n) is 1.55. The van der Waals surface area contributed by atoms with Gasteiger partial charge < -0.3 is 15.2 Å². The van der Waals surface area contributed by atoms with Crippen molar-refractivity contribution in [3.63, 3.8) is 0 Å². The lowest BCUT2D eigenvalue weighted by molar-refractivity contribution is 0.589. The molecule has 0 aromatic carbocycles. The number of nitrogens with one attached hydrogen (secondary N) is 2. The largest absolute Gasteiger partial charge is 0.369 e. The van der Waals surface area contributed by atoms with E-state index in [9.17, 15) is 4.79 Å². The molecule has 1 aliphatic heterocycles. The van der Waals surface area contributed by atoms with Gasteiger partial charge in [0.1, 0.15) is 0 Å². The fourth-order valence-corrected chi connectivity index (χ4v) is 1.55. The van der Waals surface area contributed by atoms with Crippen LogP contribution in [0, 0.1) is 0 Å². The van der Waals surface area contributed by atoms with E-state index in [-0.39, 0.29) is 22.5 Å². The molecule has 0 saturated carbocycles. The van der Waals surface area contributed by atoms with Crippen LogP contribution in [0.3, 0.4) is 0 Å². The highest BCUT2D eigenvalue weighted by molar-refractivity contribution is 8.93. The molecule has 2 N–H and O–H groups in total. The van der Waals surface area contributed by atoms with Crippen LogP contribution in [0.4, 0.5) is 5.69 Å². The number of piperazine rings is 1. The Morgan fingerprint density at radius 3 is 2.64 bits per heavy atom. The first kappa shape index (κ1) is 11.3. The molecule has 0 amide bonds. The molecule has 0 bridgehead atoms. The van der Waals surface area contributed by atoms with E-state index in [1.54, 1.807) is 12.3 Å². The molecule has 14 heavy (non-hydrogen) atoms. The van der Waals surface area contributed by atoms with Gasteiger partial charge >= 0.3 is 0 Å². The molecule has 1 fully saturated rings. The lowest BCUT2D eigenvalue weighted by Crippen LogP contribution is -2.43. The zero-order valence-electron chi connectivity index (χ0n) is 7.82. The minimum atomic E-state index is -0.0315. The molecule has 0 radical (unpaired) electrons.